The number of hydrogen-bond donors (Lipinski definition) is 3. The third kappa shape index (κ3) is 5.28. The van der Waals surface area contributed by atoms with Gasteiger partial charge in [0.05, 0.1) is 0 Å². The zero-order chi connectivity index (χ0) is 21.8. The molecule has 3 N–H and O–H groups in total. The third-order valence-electron chi connectivity index (χ3n) is 5.56. The van der Waals surface area contributed by atoms with E-state index in [1.54, 1.807) is 6.07 Å². The maximum absolute atomic E-state index is 13.2. The molecule has 3 aromatic carbocycles. The number of hydrogen-bond acceptors (Lipinski definition) is 2. The molecular formula is C25H23FN2O3. The highest BCUT2D eigenvalue weighted by molar-refractivity contribution is 5.99. The Hall–Kier alpha value is -3.67. The lowest BCUT2D eigenvalue weighted by Gasteiger charge is -2.24. The molecule has 3 aromatic rings. The number of aryl methyl sites for hydroxylation is 1. The number of rotatable bonds is 5. The Morgan fingerprint density at radius 3 is 2.39 bits per heavy atom. The summed E-state index contributed by atoms with van der Waals surface area (Å²) in [5, 5.41) is 14.4. The maximum atomic E-state index is 13.2. The smallest absolute Gasteiger partial charge is 0.323 e. The van der Waals surface area contributed by atoms with Gasteiger partial charge < -0.3 is 15.7 Å². The van der Waals surface area contributed by atoms with Crippen LogP contribution in [0.4, 0.5) is 20.6 Å². The van der Waals surface area contributed by atoms with Crippen LogP contribution in [0, 0.1) is 11.7 Å². The van der Waals surface area contributed by atoms with Crippen molar-refractivity contribution in [2.75, 3.05) is 10.6 Å². The average Bonchev–Trinajstić information content (AvgIpc) is 2.73. The molecule has 2 amide bonds. The second-order valence-corrected chi connectivity index (χ2v) is 7.86. The van der Waals surface area contributed by atoms with E-state index >= 15 is 0 Å². The quantitative estimate of drug-likeness (QED) is 0.496. The minimum Gasteiger partial charge on any atom is -0.481 e. The molecular weight excluding hydrogens is 395 g/mol. The van der Waals surface area contributed by atoms with Gasteiger partial charge in [-0.3, -0.25) is 4.79 Å². The first-order valence-corrected chi connectivity index (χ1v) is 10.2. The largest absolute Gasteiger partial charge is 0.481 e. The molecule has 1 atom stereocenters. The monoisotopic (exact) mass is 418 g/mol. The van der Waals surface area contributed by atoms with Crippen molar-refractivity contribution in [1.82, 2.24) is 0 Å². The molecule has 1 aliphatic carbocycles. The number of aliphatic carboxylic acids is 1. The van der Waals surface area contributed by atoms with E-state index in [0.29, 0.717) is 11.4 Å². The number of carbonyl (C=O) groups is 2. The zero-order valence-corrected chi connectivity index (χ0v) is 16.9. The minimum absolute atomic E-state index is 0.208. The van der Waals surface area contributed by atoms with Gasteiger partial charge in [0.1, 0.15) is 5.82 Å². The Morgan fingerprint density at radius 2 is 1.65 bits per heavy atom. The molecule has 158 valence electrons. The van der Waals surface area contributed by atoms with Gasteiger partial charge in [-0.2, -0.15) is 0 Å². The van der Waals surface area contributed by atoms with Crippen LogP contribution in [0.2, 0.25) is 0 Å². The van der Waals surface area contributed by atoms with Crippen LogP contribution in [0.25, 0.3) is 11.1 Å². The second kappa shape index (κ2) is 9.00. The number of carbonyl (C=O) groups excluding carboxylic acids is 1. The van der Waals surface area contributed by atoms with Crippen LogP contribution >= 0.6 is 0 Å². The average molecular weight is 418 g/mol. The van der Waals surface area contributed by atoms with Gasteiger partial charge in [-0.05, 0) is 77.8 Å². The summed E-state index contributed by atoms with van der Waals surface area (Å²) in [6, 6.07) is 19.1. The van der Waals surface area contributed by atoms with E-state index in [-0.39, 0.29) is 12.3 Å². The number of anilines is 2. The van der Waals surface area contributed by atoms with Crippen molar-refractivity contribution < 1.29 is 19.1 Å². The molecule has 4 rings (SSSR count). The number of halogens is 1. The van der Waals surface area contributed by atoms with Crippen molar-refractivity contribution in [2.45, 2.75) is 25.7 Å². The molecule has 0 radical (unpaired) electrons. The first-order valence-electron chi connectivity index (χ1n) is 10.2. The van der Waals surface area contributed by atoms with Gasteiger partial charge in [-0.25, -0.2) is 9.18 Å². The van der Waals surface area contributed by atoms with Crippen molar-refractivity contribution in [3.05, 3.63) is 83.7 Å². The molecule has 0 aliphatic heterocycles. The first kappa shape index (κ1) is 20.6. The third-order valence-corrected chi connectivity index (χ3v) is 5.56. The van der Waals surface area contributed by atoms with Crippen molar-refractivity contribution in [2.24, 2.45) is 5.92 Å². The number of urea groups is 1. The van der Waals surface area contributed by atoms with Crippen LogP contribution in [-0.2, 0) is 17.6 Å². The molecule has 31 heavy (non-hydrogen) atoms. The molecule has 5 nitrogen and oxygen atoms in total. The van der Waals surface area contributed by atoms with Gasteiger partial charge in [0.25, 0.3) is 0 Å². The lowest BCUT2D eigenvalue weighted by molar-refractivity contribution is -0.138. The number of carboxylic acids is 1. The van der Waals surface area contributed by atoms with Crippen molar-refractivity contribution in [1.29, 1.82) is 0 Å². The summed E-state index contributed by atoms with van der Waals surface area (Å²) in [6.45, 7) is 0. The number of fused-ring (bicyclic) bond motifs is 1. The van der Waals surface area contributed by atoms with Gasteiger partial charge in [0.15, 0.2) is 0 Å². The molecule has 1 unspecified atom stereocenters. The van der Waals surface area contributed by atoms with Crippen molar-refractivity contribution >= 4 is 23.4 Å². The van der Waals surface area contributed by atoms with Crippen molar-refractivity contribution in [3.8, 4) is 11.1 Å². The van der Waals surface area contributed by atoms with Crippen LogP contribution in [0.1, 0.15) is 24.0 Å². The highest BCUT2D eigenvalue weighted by Crippen LogP contribution is 2.31. The number of nitrogens with one attached hydrogen (secondary N) is 2. The lowest BCUT2D eigenvalue weighted by atomic mass is 9.81. The fraction of sp³-hybridized carbons (Fsp3) is 0.200. The molecule has 0 saturated heterocycles. The molecule has 0 heterocycles. The van der Waals surface area contributed by atoms with Crippen LogP contribution in [0.3, 0.4) is 0 Å². The normalized spacial score (nSPS) is 15.1. The maximum Gasteiger partial charge on any atom is 0.323 e. The fourth-order valence-electron chi connectivity index (χ4n) is 4.04. The first-order chi connectivity index (χ1) is 15.0. The highest BCUT2D eigenvalue weighted by Gasteiger charge is 2.21. The Bertz CT molecular complexity index is 1110. The standard InChI is InChI=1S/C25H23FN2O3/c26-21-2-1-3-23(15-21)28-25(31)27-22-10-8-17(9-11-22)19-7-6-18-12-16(13-24(29)30)4-5-20(18)14-19/h1-3,6-11,14-16H,4-5,12-13H2,(H,29,30)(H2,27,28,31). The summed E-state index contributed by atoms with van der Waals surface area (Å²) in [7, 11) is 0. The van der Waals surface area contributed by atoms with Gasteiger partial charge in [-0.1, -0.05) is 36.4 Å². The summed E-state index contributed by atoms with van der Waals surface area (Å²) < 4.78 is 13.2. The number of benzene rings is 3. The molecule has 0 aromatic heterocycles. The topological polar surface area (TPSA) is 78.4 Å². The molecule has 6 heteroatoms. The van der Waals surface area contributed by atoms with Gasteiger partial charge in [-0.15, -0.1) is 0 Å². The van der Waals surface area contributed by atoms with Crippen LogP contribution < -0.4 is 10.6 Å². The Labute approximate surface area is 179 Å². The molecule has 1 aliphatic rings. The van der Waals surface area contributed by atoms with Gasteiger partial charge >= 0.3 is 12.0 Å². The zero-order valence-electron chi connectivity index (χ0n) is 16.9. The predicted octanol–water partition coefficient (Wildman–Crippen LogP) is 5.72. The van der Waals surface area contributed by atoms with E-state index in [0.717, 1.165) is 30.4 Å². The highest BCUT2D eigenvalue weighted by atomic mass is 19.1. The summed E-state index contributed by atoms with van der Waals surface area (Å²) >= 11 is 0. The van der Waals surface area contributed by atoms with E-state index in [1.807, 2.05) is 24.3 Å². The molecule has 0 bridgehead atoms. The molecule has 0 spiro atoms. The summed E-state index contributed by atoms with van der Waals surface area (Å²) in [6.07, 6.45) is 2.82. The molecule has 0 fully saturated rings. The lowest BCUT2D eigenvalue weighted by Crippen LogP contribution is -2.19. The number of amides is 2. The van der Waals surface area contributed by atoms with Gasteiger partial charge in [0, 0.05) is 17.8 Å². The predicted molar refractivity (Wildman–Crippen MR) is 119 cm³/mol. The van der Waals surface area contributed by atoms with Crippen LogP contribution in [0.15, 0.2) is 66.7 Å². The minimum atomic E-state index is -0.733. The Kier molecular flexibility index (Phi) is 5.98. The van der Waals surface area contributed by atoms with E-state index in [1.165, 1.54) is 29.3 Å². The summed E-state index contributed by atoms with van der Waals surface area (Å²) in [4.78, 5) is 23.1. The second-order valence-electron chi connectivity index (χ2n) is 7.86. The Balaban J connectivity index is 1.40. The van der Waals surface area contributed by atoms with Gasteiger partial charge in [0.2, 0.25) is 0 Å². The van der Waals surface area contributed by atoms with E-state index in [2.05, 4.69) is 28.8 Å². The molecule has 0 saturated carbocycles. The SMILES string of the molecule is O=C(O)CC1CCc2cc(-c3ccc(NC(=O)Nc4cccc(F)c4)cc3)ccc2C1. The Morgan fingerprint density at radius 1 is 0.903 bits per heavy atom. The van der Waals surface area contributed by atoms with E-state index in [9.17, 15) is 14.0 Å². The van der Waals surface area contributed by atoms with E-state index < -0.39 is 17.8 Å². The van der Waals surface area contributed by atoms with Crippen LogP contribution in [-0.4, -0.2) is 17.1 Å². The summed E-state index contributed by atoms with van der Waals surface area (Å²) in [5.41, 5.74) is 5.64. The van der Waals surface area contributed by atoms with Crippen LogP contribution in [0.5, 0.6) is 0 Å². The fourth-order valence-corrected chi connectivity index (χ4v) is 4.04. The summed E-state index contributed by atoms with van der Waals surface area (Å²) in [5.74, 6) is -0.937. The van der Waals surface area contributed by atoms with E-state index in [4.69, 9.17) is 5.11 Å². The van der Waals surface area contributed by atoms with Crippen molar-refractivity contribution in [3.63, 3.8) is 0 Å². The number of carboxylic acid groups (broad SMARTS) is 1.